The number of aryl methyl sites for hydroxylation is 1. The average molecular weight is 462 g/mol. The molecule has 1 aliphatic carbocycles. The second kappa shape index (κ2) is 10.5. The molecule has 1 heterocycles. The Kier molecular flexibility index (Phi) is 7.42. The molecule has 0 aliphatic heterocycles. The largest absolute Gasteiger partial charge is 0.489 e. The fraction of sp³-hybridized carbons (Fsp3) is 0.310. The molecule has 0 spiro atoms. The number of hydrogen-bond acceptors (Lipinski definition) is 3. The zero-order valence-electron chi connectivity index (χ0n) is 19.4. The van der Waals surface area contributed by atoms with Crippen LogP contribution in [0.5, 0.6) is 5.75 Å². The molecule has 3 aromatic carbocycles. The second-order valence-corrected chi connectivity index (χ2v) is 9.27. The van der Waals surface area contributed by atoms with Crippen LogP contribution in [0.25, 0.3) is 22.1 Å². The van der Waals surface area contributed by atoms with Gasteiger partial charge in [0, 0.05) is 16.3 Å². The van der Waals surface area contributed by atoms with Crippen molar-refractivity contribution in [1.29, 1.82) is 0 Å². The maximum absolute atomic E-state index is 6.13. The predicted octanol–water partition coefficient (Wildman–Crippen LogP) is 7.16. The highest BCUT2D eigenvalue weighted by Gasteiger charge is 2.19. The van der Waals surface area contributed by atoms with Crippen LogP contribution in [-0.4, -0.2) is 25.5 Å². The van der Waals surface area contributed by atoms with Gasteiger partial charge in [-0.05, 0) is 81.1 Å². The normalized spacial score (nSPS) is 15.3. The summed E-state index contributed by atoms with van der Waals surface area (Å²) in [5.74, 6) is 2.70. The lowest BCUT2D eigenvalue weighted by molar-refractivity contribution is 0.304. The Labute approximate surface area is 202 Å². The molecule has 4 heteroatoms. The first-order chi connectivity index (χ1) is 15.7. The van der Waals surface area contributed by atoms with Crippen molar-refractivity contribution in [3.8, 4) is 17.1 Å². The zero-order valence-corrected chi connectivity index (χ0v) is 20.2. The highest BCUT2D eigenvalue weighted by molar-refractivity contribution is 5.94. The number of hydrogen-bond donors (Lipinski definition) is 0. The first kappa shape index (κ1) is 23.4. The lowest BCUT2D eigenvalue weighted by atomic mass is 9.82. The standard InChI is InChI=1S/C29H31NO2.ClH/c1-30(2)16-15-21-7-12-25-18-27(14-13-24(25)17-21)31-19-22-8-10-23(11-9-22)29-28-6-4-3-5-26(28)20-32-29;/h3-6,8-11,13-14,18,20-21H,7,12,15-17,19H2,1-2H3;1H. The molecule has 4 aromatic rings. The molecule has 0 saturated heterocycles. The summed E-state index contributed by atoms with van der Waals surface area (Å²) in [4.78, 5) is 2.29. The van der Waals surface area contributed by atoms with Crippen LogP contribution < -0.4 is 4.74 Å². The molecule has 0 saturated carbocycles. The number of benzene rings is 3. The molecule has 1 aliphatic rings. The summed E-state index contributed by atoms with van der Waals surface area (Å²) >= 11 is 0. The molecule has 0 N–H and O–H groups in total. The van der Waals surface area contributed by atoms with Gasteiger partial charge in [0.05, 0.1) is 6.26 Å². The van der Waals surface area contributed by atoms with E-state index in [-0.39, 0.29) is 12.4 Å². The van der Waals surface area contributed by atoms with E-state index in [0.717, 1.165) is 45.7 Å². The Bertz CT molecular complexity index is 1200. The van der Waals surface area contributed by atoms with Crippen molar-refractivity contribution in [2.24, 2.45) is 5.92 Å². The summed E-state index contributed by atoms with van der Waals surface area (Å²) in [5, 5.41) is 2.28. The van der Waals surface area contributed by atoms with Crippen LogP contribution in [0.15, 0.2) is 77.4 Å². The van der Waals surface area contributed by atoms with Gasteiger partial charge in [-0.2, -0.15) is 0 Å². The van der Waals surface area contributed by atoms with E-state index in [9.17, 15) is 0 Å². The van der Waals surface area contributed by atoms with Gasteiger partial charge in [-0.3, -0.25) is 0 Å². The van der Waals surface area contributed by atoms with Gasteiger partial charge in [0.2, 0.25) is 0 Å². The van der Waals surface area contributed by atoms with E-state index < -0.39 is 0 Å². The van der Waals surface area contributed by atoms with E-state index in [0.29, 0.717) is 6.61 Å². The van der Waals surface area contributed by atoms with Crippen molar-refractivity contribution in [1.82, 2.24) is 4.90 Å². The van der Waals surface area contributed by atoms with Crippen molar-refractivity contribution < 1.29 is 9.15 Å². The summed E-state index contributed by atoms with van der Waals surface area (Å²) in [6, 6.07) is 23.4. The number of ether oxygens (including phenoxy) is 1. The van der Waals surface area contributed by atoms with Gasteiger partial charge in [-0.15, -0.1) is 12.4 Å². The monoisotopic (exact) mass is 461 g/mol. The lowest BCUT2D eigenvalue weighted by Gasteiger charge is -2.26. The van der Waals surface area contributed by atoms with Gasteiger partial charge in [0.25, 0.3) is 0 Å². The number of halogens is 1. The van der Waals surface area contributed by atoms with Gasteiger partial charge in [-0.1, -0.05) is 54.6 Å². The Hall–Kier alpha value is -2.75. The van der Waals surface area contributed by atoms with Gasteiger partial charge in [0.1, 0.15) is 18.1 Å². The molecule has 0 amide bonds. The minimum atomic E-state index is 0. The van der Waals surface area contributed by atoms with Crippen molar-refractivity contribution in [2.75, 3.05) is 20.6 Å². The second-order valence-electron chi connectivity index (χ2n) is 9.27. The quantitative estimate of drug-likeness (QED) is 0.292. The summed E-state index contributed by atoms with van der Waals surface area (Å²) in [5.41, 5.74) is 5.21. The summed E-state index contributed by atoms with van der Waals surface area (Å²) in [6.07, 6.45) is 6.76. The topological polar surface area (TPSA) is 25.6 Å². The third-order valence-corrected chi connectivity index (χ3v) is 6.62. The van der Waals surface area contributed by atoms with E-state index in [2.05, 4.69) is 73.6 Å². The number of furan rings is 1. The maximum atomic E-state index is 6.13. The summed E-state index contributed by atoms with van der Waals surface area (Å²) in [7, 11) is 4.32. The van der Waals surface area contributed by atoms with Crippen LogP contribution in [-0.2, 0) is 19.4 Å². The molecule has 0 radical (unpaired) electrons. The predicted molar refractivity (Wildman–Crippen MR) is 138 cm³/mol. The van der Waals surface area contributed by atoms with Crippen LogP contribution in [0.3, 0.4) is 0 Å². The SMILES string of the molecule is CN(C)CCC1CCc2cc(OCc3ccc(-c4occ5ccccc45)cc3)ccc2C1.Cl. The molecular formula is C29H32ClNO2. The van der Waals surface area contributed by atoms with E-state index in [1.165, 1.54) is 36.9 Å². The van der Waals surface area contributed by atoms with Crippen LogP contribution in [0.4, 0.5) is 0 Å². The minimum Gasteiger partial charge on any atom is -0.489 e. The molecule has 172 valence electrons. The number of rotatable bonds is 7. The molecule has 3 nitrogen and oxygen atoms in total. The minimum absolute atomic E-state index is 0. The zero-order chi connectivity index (χ0) is 21.9. The van der Waals surface area contributed by atoms with Crippen LogP contribution in [0.2, 0.25) is 0 Å². The van der Waals surface area contributed by atoms with Gasteiger partial charge in [0.15, 0.2) is 0 Å². The third kappa shape index (κ3) is 5.43. The molecular weight excluding hydrogens is 430 g/mol. The van der Waals surface area contributed by atoms with E-state index in [4.69, 9.17) is 9.15 Å². The number of fused-ring (bicyclic) bond motifs is 2. The molecule has 1 unspecified atom stereocenters. The third-order valence-electron chi connectivity index (χ3n) is 6.62. The van der Waals surface area contributed by atoms with Crippen LogP contribution >= 0.6 is 12.4 Å². The van der Waals surface area contributed by atoms with E-state index in [1.54, 1.807) is 0 Å². The highest BCUT2D eigenvalue weighted by atomic mass is 35.5. The smallest absolute Gasteiger partial charge is 0.141 e. The van der Waals surface area contributed by atoms with Crippen LogP contribution in [0, 0.1) is 5.92 Å². The molecule has 0 fully saturated rings. The van der Waals surface area contributed by atoms with Crippen molar-refractivity contribution >= 4 is 23.2 Å². The molecule has 33 heavy (non-hydrogen) atoms. The van der Waals surface area contributed by atoms with E-state index >= 15 is 0 Å². The van der Waals surface area contributed by atoms with Crippen molar-refractivity contribution in [3.05, 3.63) is 89.7 Å². The summed E-state index contributed by atoms with van der Waals surface area (Å²) in [6.45, 7) is 1.75. The molecule has 0 bridgehead atoms. The Morgan fingerprint density at radius 2 is 1.79 bits per heavy atom. The Balaban J connectivity index is 0.00000259. The first-order valence-corrected chi connectivity index (χ1v) is 11.6. The fourth-order valence-electron chi connectivity index (χ4n) is 4.72. The van der Waals surface area contributed by atoms with Gasteiger partial charge in [-0.25, -0.2) is 0 Å². The maximum Gasteiger partial charge on any atom is 0.141 e. The molecule has 5 rings (SSSR count). The molecule has 1 atom stereocenters. The lowest BCUT2D eigenvalue weighted by Crippen LogP contribution is -2.21. The summed E-state index contributed by atoms with van der Waals surface area (Å²) < 4.78 is 12.0. The van der Waals surface area contributed by atoms with Crippen molar-refractivity contribution in [3.63, 3.8) is 0 Å². The van der Waals surface area contributed by atoms with Crippen molar-refractivity contribution in [2.45, 2.75) is 32.3 Å². The van der Waals surface area contributed by atoms with E-state index in [1.807, 2.05) is 18.4 Å². The van der Waals surface area contributed by atoms with Gasteiger partial charge < -0.3 is 14.1 Å². The first-order valence-electron chi connectivity index (χ1n) is 11.6. The Morgan fingerprint density at radius 1 is 0.970 bits per heavy atom. The highest BCUT2D eigenvalue weighted by Crippen LogP contribution is 2.32. The molecule has 1 aromatic heterocycles. The fourth-order valence-corrected chi connectivity index (χ4v) is 4.72. The number of nitrogens with zero attached hydrogens (tertiary/aromatic N) is 1. The van der Waals surface area contributed by atoms with Crippen LogP contribution in [0.1, 0.15) is 29.5 Å². The van der Waals surface area contributed by atoms with Gasteiger partial charge >= 0.3 is 0 Å². The average Bonchev–Trinajstić information content (AvgIpc) is 3.26. The Morgan fingerprint density at radius 3 is 2.61 bits per heavy atom.